The van der Waals surface area contributed by atoms with E-state index in [0.717, 1.165) is 10.9 Å². The van der Waals surface area contributed by atoms with Crippen LogP contribution in [0.15, 0.2) is 47.3 Å². The van der Waals surface area contributed by atoms with E-state index in [2.05, 4.69) is 10.4 Å². The number of aliphatic hydroxyl groups is 1. The van der Waals surface area contributed by atoms with Crippen LogP contribution in [0.5, 0.6) is 0 Å². The molecule has 24 heavy (non-hydrogen) atoms. The SMILES string of the molecule is Cn1cc([C@@H](NC(=O)c2coc3ccccc23)C2CC(O)C2)cn1. The first kappa shape index (κ1) is 15.0. The van der Waals surface area contributed by atoms with Gasteiger partial charge in [0.25, 0.3) is 5.91 Å². The maximum Gasteiger partial charge on any atom is 0.255 e. The van der Waals surface area contributed by atoms with Gasteiger partial charge in [-0.1, -0.05) is 18.2 Å². The molecule has 6 nitrogen and oxygen atoms in total. The fourth-order valence-electron chi connectivity index (χ4n) is 3.35. The van der Waals surface area contributed by atoms with Crippen molar-refractivity contribution >= 4 is 16.9 Å². The molecule has 1 atom stereocenters. The largest absolute Gasteiger partial charge is 0.463 e. The lowest BCUT2D eigenvalue weighted by molar-refractivity contribution is 0.0235. The number of aromatic nitrogens is 2. The number of aliphatic hydroxyl groups excluding tert-OH is 1. The Hall–Kier alpha value is -2.60. The van der Waals surface area contributed by atoms with Gasteiger partial charge in [-0.05, 0) is 24.8 Å². The monoisotopic (exact) mass is 325 g/mol. The molecule has 2 aromatic heterocycles. The maximum atomic E-state index is 12.8. The Labute approximate surface area is 139 Å². The van der Waals surface area contributed by atoms with E-state index in [1.807, 2.05) is 37.5 Å². The fourth-order valence-corrected chi connectivity index (χ4v) is 3.35. The van der Waals surface area contributed by atoms with Crippen LogP contribution < -0.4 is 5.32 Å². The molecule has 1 saturated carbocycles. The Morgan fingerprint density at radius 3 is 2.92 bits per heavy atom. The van der Waals surface area contributed by atoms with Crippen molar-refractivity contribution in [2.75, 3.05) is 0 Å². The highest BCUT2D eigenvalue weighted by molar-refractivity contribution is 6.06. The Bertz CT molecular complexity index is 876. The topological polar surface area (TPSA) is 80.3 Å². The number of furan rings is 1. The lowest BCUT2D eigenvalue weighted by Crippen LogP contribution is -2.41. The van der Waals surface area contributed by atoms with Crippen molar-refractivity contribution in [3.63, 3.8) is 0 Å². The van der Waals surface area contributed by atoms with Crippen molar-refractivity contribution in [2.24, 2.45) is 13.0 Å². The summed E-state index contributed by atoms with van der Waals surface area (Å²) in [5.74, 6) is 0.0431. The van der Waals surface area contributed by atoms with E-state index in [9.17, 15) is 9.90 Å². The van der Waals surface area contributed by atoms with Crippen molar-refractivity contribution in [3.8, 4) is 0 Å². The first-order valence-electron chi connectivity index (χ1n) is 8.05. The number of aryl methyl sites for hydroxylation is 1. The molecule has 4 rings (SSSR count). The molecular formula is C18H19N3O3. The van der Waals surface area contributed by atoms with Crippen LogP contribution >= 0.6 is 0 Å². The Balaban J connectivity index is 1.61. The predicted octanol–water partition coefficient (Wildman–Crippen LogP) is 2.41. The minimum absolute atomic E-state index is 0.164. The van der Waals surface area contributed by atoms with Gasteiger partial charge in [0.05, 0.1) is 23.9 Å². The van der Waals surface area contributed by atoms with Gasteiger partial charge in [-0.15, -0.1) is 0 Å². The zero-order valence-corrected chi connectivity index (χ0v) is 13.3. The summed E-state index contributed by atoms with van der Waals surface area (Å²) in [5.41, 5.74) is 2.18. The van der Waals surface area contributed by atoms with Gasteiger partial charge in [0, 0.05) is 24.2 Å². The number of amides is 1. The number of para-hydroxylation sites is 1. The van der Waals surface area contributed by atoms with Crippen LogP contribution in [-0.4, -0.2) is 26.9 Å². The number of carbonyl (C=O) groups excluding carboxylic acids is 1. The molecule has 3 aromatic rings. The zero-order chi connectivity index (χ0) is 16.7. The minimum atomic E-state index is -0.277. The molecule has 1 fully saturated rings. The van der Waals surface area contributed by atoms with Crippen LogP contribution in [0.1, 0.15) is 34.8 Å². The number of carbonyl (C=O) groups is 1. The van der Waals surface area contributed by atoms with E-state index < -0.39 is 0 Å². The van der Waals surface area contributed by atoms with Crippen molar-refractivity contribution < 1.29 is 14.3 Å². The van der Waals surface area contributed by atoms with Crippen LogP contribution in [0.3, 0.4) is 0 Å². The van der Waals surface area contributed by atoms with Crippen LogP contribution in [0.4, 0.5) is 0 Å². The molecule has 0 aliphatic heterocycles. The lowest BCUT2D eigenvalue weighted by Gasteiger charge is -2.37. The molecule has 0 bridgehead atoms. The number of nitrogens with zero attached hydrogens (tertiary/aromatic N) is 2. The Kier molecular flexibility index (Phi) is 3.61. The van der Waals surface area contributed by atoms with Gasteiger partial charge in [0.15, 0.2) is 0 Å². The van der Waals surface area contributed by atoms with E-state index in [0.29, 0.717) is 24.0 Å². The third-order valence-electron chi connectivity index (χ3n) is 4.72. The molecule has 0 spiro atoms. The normalized spacial score (nSPS) is 21.4. The summed E-state index contributed by atoms with van der Waals surface area (Å²) in [6.07, 6.45) is 6.26. The van der Waals surface area contributed by atoms with E-state index in [1.165, 1.54) is 6.26 Å². The molecule has 0 radical (unpaired) electrons. The first-order valence-corrected chi connectivity index (χ1v) is 8.05. The summed E-state index contributed by atoms with van der Waals surface area (Å²) in [7, 11) is 1.85. The van der Waals surface area contributed by atoms with Crippen molar-refractivity contribution in [1.29, 1.82) is 0 Å². The smallest absolute Gasteiger partial charge is 0.255 e. The summed E-state index contributed by atoms with van der Waals surface area (Å²) in [6, 6.07) is 7.31. The highest BCUT2D eigenvalue weighted by atomic mass is 16.3. The van der Waals surface area contributed by atoms with Gasteiger partial charge in [-0.3, -0.25) is 9.48 Å². The highest BCUT2D eigenvalue weighted by Crippen LogP contribution is 2.38. The number of benzene rings is 1. The quantitative estimate of drug-likeness (QED) is 0.772. The maximum absolute atomic E-state index is 12.8. The third-order valence-corrected chi connectivity index (χ3v) is 4.72. The molecule has 1 aliphatic carbocycles. The average Bonchev–Trinajstić information content (AvgIpc) is 3.16. The van der Waals surface area contributed by atoms with Crippen LogP contribution in [0.25, 0.3) is 11.0 Å². The van der Waals surface area contributed by atoms with Gasteiger partial charge in [0.2, 0.25) is 0 Å². The van der Waals surface area contributed by atoms with E-state index in [1.54, 1.807) is 10.9 Å². The number of fused-ring (bicyclic) bond motifs is 1. The fraction of sp³-hybridized carbons (Fsp3) is 0.333. The highest BCUT2D eigenvalue weighted by Gasteiger charge is 2.36. The van der Waals surface area contributed by atoms with E-state index in [-0.39, 0.29) is 24.0 Å². The lowest BCUT2D eigenvalue weighted by atomic mass is 9.75. The van der Waals surface area contributed by atoms with Crippen LogP contribution in [0.2, 0.25) is 0 Å². The van der Waals surface area contributed by atoms with Gasteiger partial charge in [-0.2, -0.15) is 5.10 Å². The van der Waals surface area contributed by atoms with Gasteiger partial charge in [0.1, 0.15) is 11.8 Å². The van der Waals surface area contributed by atoms with Crippen molar-refractivity contribution in [1.82, 2.24) is 15.1 Å². The third kappa shape index (κ3) is 2.59. The molecule has 124 valence electrons. The number of hydrogen-bond acceptors (Lipinski definition) is 4. The number of rotatable bonds is 4. The van der Waals surface area contributed by atoms with Gasteiger partial charge < -0.3 is 14.8 Å². The first-order chi connectivity index (χ1) is 11.6. The second-order valence-corrected chi connectivity index (χ2v) is 6.43. The molecular weight excluding hydrogens is 306 g/mol. The molecule has 1 amide bonds. The molecule has 0 unspecified atom stereocenters. The van der Waals surface area contributed by atoms with Crippen LogP contribution in [-0.2, 0) is 7.05 Å². The van der Waals surface area contributed by atoms with E-state index in [4.69, 9.17) is 4.42 Å². The second-order valence-electron chi connectivity index (χ2n) is 6.43. The van der Waals surface area contributed by atoms with Gasteiger partial charge >= 0.3 is 0 Å². The Morgan fingerprint density at radius 1 is 1.42 bits per heavy atom. The average molecular weight is 325 g/mol. The molecule has 0 saturated heterocycles. The number of hydrogen-bond donors (Lipinski definition) is 2. The number of nitrogens with one attached hydrogen (secondary N) is 1. The zero-order valence-electron chi connectivity index (χ0n) is 13.3. The molecule has 1 aliphatic rings. The Morgan fingerprint density at radius 2 is 2.21 bits per heavy atom. The molecule has 2 heterocycles. The summed E-state index contributed by atoms with van der Waals surface area (Å²) in [6.45, 7) is 0. The summed E-state index contributed by atoms with van der Waals surface area (Å²) < 4.78 is 7.18. The molecule has 2 N–H and O–H groups in total. The van der Waals surface area contributed by atoms with Crippen molar-refractivity contribution in [3.05, 3.63) is 54.0 Å². The standard InChI is InChI=1S/C18H19N3O3/c1-21-9-12(8-19-21)17(11-6-13(22)7-11)20-18(23)15-10-24-16-5-3-2-4-14(15)16/h2-5,8-11,13,17,22H,6-7H2,1H3,(H,20,23)/t11?,13?,17-/m0/s1. The minimum Gasteiger partial charge on any atom is -0.463 e. The molecule has 1 aromatic carbocycles. The van der Waals surface area contributed by atoms with Gasteiger partial charge in [-0.25, -0.2) is 0 Å². The van der Waals surface area contributed by atoms with E-state index >= 15 is 0 Å². The van der Waals surface area contributed by atoms with Crippen molar-refractivity contribution in [2.45, 2.75) is 25.0 Å². The summed E-state index contributed by atoms with van der Waals surface area (Å²) in [4.78, 5) is 12.8. The second kappa shape index (κ2) is 5.79. The predicted molar refractivity (Wildman–Crippen MR) is 88.4 cm³/mol. The summed E-state index contributed by atoms with van der Waals surface area (Å²) in [5, 5.41) is 17.7. The molecule has 6 heteroatoms. The summed E-state index contributed by atoms with van der Waals surface area (Å²) >= 11 is 0. The van der Waals surface area contributed by atoms with Crippen LogP contribution in [0, 0.1) is 5.92 Å².